The van der Waals surface area contributed by atoms with Crippen LogP contribution in [0.2, 0.25) is 0 Å². The lowest BCUT2D eigenvalue weighted by molar-refractivity contribution is 0.415. The van der Waals surface area contributed by atoms with E-state index in [1.165, 1.54) is 12.8 Å². The van der Waals surface area contributed by atoms with Crippen molar-refractivity contribution < 1.29 is 4.74 Å². The van der Waals surface area contributed by atoms with Gasteiger partial charge in [-0.05, 0) is 31.9 Å². The fourth-order valence-electron chi connectivity index (χ4n) is 2.05. The number of hydrogen-bond donors (Lipinski definition) is 1. The Morgan fingerprint density at radius 2 is 2.06 bits per heavy atom. The molecule has 0 fully saturated rings. The van der Waals surface area contributed by atoms with E-state index < -0.39 is 0 Å². The third-order valence-corrected chi connectivity index (χ3v) is 3.42. The van der Waals surface area contributed by atoms with E-state index >= 15 is 0 Å². The summed E-state index contributed by atoms with van der Waals surface area (Å²) in [5.74, 6) is 0.816. The minimum atomic E-state index is 0.507. The van der Waals surface area contributed by atoms with Crippen molar-refractivity contribution in [3.8, 4) is 5.75 Å². The topological polar surface area (TPSA) is 38.5 Å². The monoisotopic (exact) mass is 250 g/mol. The van der Waals surface area contributed by atoms with E-state index in [0.29, 0.717) is 6.04 Å². The maximum absolute atomic E-state index is 6.14. The second kappa shape index (κ2) is 7.14. The van der Waals surface area contributed by atoms with Crippen molar-refractivity contribution in [2.75, 3.05) is 24.3 Å². The SMILES string of the molecule is CCCCN(c1ccc(OC)cc1N)C(C)CC. The molecule has 0 aliphatic carbocycles. The second-order valence-electron chi connectivity index (χ2n) is 4.73. The fraction of sp³-hybridized carbons (Fsp3) is 0.600. The van der Waals surface area contributed by atoms with Crippen LogP contribution < -0.4 is 15.4 Å². The predicted molar refractivity (Wildman–Crippen MR) is 79.4 cm³/mol. The summed E-state index contributed by atoms with van der Waals surface area (Å²) >= 11 is 0. The van der Waals surface area contributed by atoms with Crippen LogP contribution in [0.1, 0.15) is 40.0 Å². The zero-order valence-electron chi connectivity index (χ0n) is 12.1. The molecule has 0 heterocycles. The van der Waals surface area contributed by atoms with Crippen molar-refractivity contribution in [2.24, 2.45) is 0 Å². The average molecular weight is 250 g/mol. The molecule has 0 amide bonds. The van der Waals surface area contributed by atoms with E-state index in [0.717, 1.165) is 30.1 Å². The van der Waals surface area contributed by atoms with E-state index in [2.05, 4.69) is 31.7 Å². The number of nitrogen functional groups attached to an aromatic ring is 1. The lowest BCUT2D eigenvalue weighted by Gasteiger charge is -2.32. The van der Waals surface area contributed by atoms with E-state index in [9.17, 15) is 0 Å². The molecule has 0 saturated carbocycles. The van der Waals surface area contributed by atoms with Gasteiger partial charge in [0.2, 0.25) is 0 Å². The smallest absolute Gasteiger partial charge is 0.121 e. The second-order valence-corrected chi connectivity index (χ2v) is 4.73. The molecule has 102 valence electrons. The zero-order valence-corrected chi connectivity index (χ0v) is 12.1. The van der Waals surface area contributed by atoms with Gasteiger partial charge in [-0.3, -0.25) is 0 Å². The molecular formula is C15H26N2O. The zero-order chi connectivity index (χ0) is 13.5. The first-order valence-electron chi connectivity index (χ1n) is 6.84. The minimum Gasteiger partial charge on any atom is -0.497 e. The molecule has 0 aromatic heterocycles. The van der Waals surface area contributed by atoms with Gasteiger partial charge in [0, 0.05) is 18.7 Å². The number of methoxy groups -OCH3 is 1. The van der Waals surface area contributed by atoms with Crippen LogP contribution in [0.5, 0.6) is 5.75 Å². The molecule has 0 saturated heterocycles. The van der Waals surface area contributed by atoms with Crippen molar-refractivity contribution in [3.05, 3.63) is 18.2 Å². The van der Waals surface area contributed by atoms with Gasteiger partial charge < -0.3 is 15.4 Å². The van der Waals surface area contributed by atoms with E-state index in [4.69, 9.17) is 10.5 Å². The van der Waals surface area contributed by atoms with Crippen LogP contribution in [0.25, 0.3) is 0 Å². The summed E-state index contributed by atoms with van der Waals surface area (Å²) in [5.41, 5.74) is 8.06. The van der Waals surface area contributed by atoms with Gasteiger partial charge in [-0.2, -0.15) is 0 Å². The van der Waals surface area contributed by atoms with Crippen molar-refractivity contribution in [1.82, 2.24) is 0 Å². The van der Waals surface area contributed by atoms with Crippen molar-refractivity contribution >= 4 is 11.4 Å². The van der Waals surface area contributed by atoms with Gasteiger partial charge >= 0.3 is 0 Å². The Morgan fingerprint density at radius 1 is 1.33 bits per heavy atom. The summed E-state index contributed by atoms with van der Waals surface area (Å²) in [6.07, 6.45) is 3.51. The molecular weight excluding hydrogens is 224 g/mol. The first-order chi connectivity index (χ1) is 8.63. The van der Waals surface area contributed by atoms with Crippen molar-refractivity contribution in [1.29, 1.82) is 0 Å². The minimum absolute atomic E-state index is 0.507. The normalized spacial score (nSPS) is 12.2. The quantitative estimate of drug-likeness (QED) is 0.750. The van der Waals surface area contributed by atoms with Crippen LogP contribution in [-0.2, 0) is 0 Å². The Hall–Kier alpha value is -1.38. The number of benzene rings is 1. The fourth-order valence-corrected chi connectivity index (χ4v) is 2.05. The third-order valence-electron chi connectivity index (χ3n) is 3.42. The van der Waals surface area contributed by atoms with Crippen LogP contribution in [0.4, 0.5) is 11.4 Å². The van der Waals surface area contributed by atoms with Gasteiger partial charge in [0.1, 0.15) is 5.75 Å². The summed E-state index contributed by atoms with van der Waals surface area (Å²) in [5, 5.41) is 0. The number of unbranched alkanes of at least 4 members (excludes halogenated alkanes) is 1. The van der Waals surface area contributed by atoms with Crippen LogP contribution in [-0.4, -0.2) is 19.7 Å². The Labute approximate surface area is 111 Å². The Morgan fingerprint density at radius 3 is 2.56 bits per heavy atom. The van der Waals surface area contributed by atoms with Gasteiger partial charge in [-0.25, -0.2) is 0 Å². The molecule has 1 unspecified atom stereocenters. The highest BCUT2D eigenvalue weighted by atomic mass is 16.5. The van der Waals surface area contributed by atoms with Gasteiger partial charge in [0.05, 0.1) is 18.5 Å². The number of nitrogens with two attached hydrogens (primary N) is 1. The standard InChI is InChI=1S/C15H26N2O/c1-5-7-10-17(12(3)6-2)15-9-8-13(18-4)11-14(15)16/h8-9,11-12H,5-7,10,16H2,1-4H3. The molecule has 0 bridgehead atoms. The lowest BCUT2D eigenvalue weighted by atomic mass is 10.1. The number of nitrogens with zero attached hydrogens (tertiary/aromatic N) is 1. The first kappa shape index (κ1) is 14.7. The molecule has 1 atom stereocenters. The third kappa shape index (κ3) is 3.56. The van der Waals surface area contributed by atoms with Gasteiger partial charge in [0.15, 0.2) is 0 Å². The summed E-state index contributed by atoms with van der Waals surface area (Å²) < 4.78 is 5.20. The molecule has 0 radical (unpaired) electrons. The summed E-state index contributed by atoms with van der Waals surface area (Å²) in [7, 11) is 1.66. The van der Waals surface area contributed by atoms with Crippen LogP contribution >= 0.6 is 0 Å². The molecule has 0 aliphatic rings. The van der Waals surface area contributed by atoms with E-state index in [-0.39, 0.29) is 0 Å². The van der Waals surface area contributed by atoms with Crippen molar-refractivity contribution in [3.63, 3.8) is 0 Å². The number of ether oxygens (including phenoxy) is 1. The number of anilines is 2. The van der Waals surface area contributed by atoms with Crippen LogP contribution in [0.15, 0.2) is 18.2 Å². The van der Waals surface area contributed by atoms with E-state index in [1.807, 2.05) is 12.1 Å². The molecule has 3 heteroatoms. The van der Waals surface area contributed by atoms with Gasteiger partial charge in [-0.15, -0.1) is 0 Å². The summed E-state index contributed by atoms with van der Waals surface area (Å²) in [6, 6.07) is 6.45. The molecule has 3 nitrogen and oxygen atoms in total. The summed E-state index contributed by atoms with van der Waals surface area (Å²) in [4.78, 5) is 2.40. The van der Waals surface area contributed by atoms with E-state index in [1.54, 1.807) is 7.11 Å². The number of rotatable bonds is 7. The highest BCUT2D eigenvalue weighted by Crippen LogP contribution is 2.29. The predicted octanol–water partition coefficient (Wildman–Crippen LogP) is 3.68. The highest BCUT2D eigenvalue weighted by Gasteiger charge is 2.15. The van der Waals surface area contributed by atoms with Crippen molar-refractivity contribution in [2.45, 2.75) is 46.1 Å². The average Bonchev–Trinajstić information content (AvgIpc) is 2.39. The largest absolute Gasteiger partial charge is 0.497 e. The molecule has 0 spiro atoms. The Balaban J connectivity index is 2.96. The molecule has 0 aliphatic heterocycles. The maximum Gasteiger partial charge on any atom is 0.121 e. The molecule has 1 aromatic carbocycles. The van der Waals surface area contributed by atoms with Gasteiger partial charge in [0.25, 0.3) is 0 Å². The first-order valence-corrected chi connectivity index (χ1v) is 6.84. The highest BCUT2D eigenvalue weighted by molar-refractivity contribution is 5.69. The summed E-state index contributed by atoms with van der Waals surface area (Å²) in [6.45, 7) is 7.73. The molecule has 1 aromatic rings. The van der Waals surface area contributed by atoms with Gasteiger partial charge in [-0.1, -0.05) is 20.3 Å². The van der Waals surface area contributed by atoms with Crippen LogP contribution in [0, 0.1) is 0 Å². The Bertz CT molecular complexity index is 366. The Kier molecular flexibility index (Phi) is 5.83. The maximum atomic E-state index is 6.14. The molecule has 1 rings (SSSR count). The molecule has 2 N–H and O–H groups in total. The molecule has 18 heavy (non-hydrogen) atoms. The van der Waals surface area contributed by atoms with Crippen LogP contribution in [0.3, 0.4) is 0 Å². The lowest BCUT2D eigenvalue weighted by Crippen LogP contribution is -2.34. The number of hydrogen-bond acceptors (Lipinski definition) is 3.